The highest BCUT2D eigenvalue weighted by Crippen LogP contribution is 2.38. The monoisotopic (exact) mass is 501 g/mol. The Hall–Kier alpha value is -3.37. The lowest BCUT2D eigenvalue weighted by Crippen LogP contribution is -2.36. The van der Waals surface area contributed by atoms with Gasteiger partial charge in [-0.25, -0.2) is 23.1 Å². The molecule has 1 saturated heterocycles. The van der Waals surface area contributed by atoms with Gasteiger partial charge in [-0.05, 0) is 52.4 Å². The number of halogens is 3. The first-order chi connectivity index (χ1) is 17.3. The fourth-order valence-corrected chi connectivity index (χ4v) is 5.20. The average molecular weight is 502 g/mol. The zero-order chi connectivity index (χ0) is 25.4. The molecule has 0 spiro atoms. The zero-order valence-electron chi connectivity index (χ0n) is 20.4. The van der Waals surface area contributed by atoms with E-state index in [1.165, 1.54) is 0 Å². The molecule has 0 unspecified atom stereocenters. The van der Waals surface area contributed by atoms with E-state index in [-0.39, 0.29) is 29.9 Å². The zero-order valence-corrected chi connectivity index (χ0v) is 20.4. The number of fused-ring (bicyclic) bond motifs is 1. The van der Waals surface area contributed by atoms with Crippen LogP contribution < -0.4 is 10.6 Å². The number of carbonyl (C=O) groups is 1. The molecular weight excluding hydrogens is 471 g/mol. The summed E-state index contributed by atoms with van der Waals surface area (Å²) in [5.41, 5.74) is 0.497. The molecule has 0 atom stereocenters. The molecule has 2 fully saturated rings. The van der Waals surface area contributed by atoms with Crippen molar-refractivity contribution in [1.82, 2.24) is 24.4 Å². The second-order valence-corrected chi connectivity index (χ2v) is 9.91. The molecule has 5 rings (SSSR count). The Balaban J connectivity index is 1.47. The molecule has 2 aromatic heterocycles. The van der Waals surface area contributed by atoms with E-state index < -0.39 is 23.1 Å². The van der Waals surface area contributed by atoms with Gasteiger partial charge in [0.15, 0.2) is 17.3 Å². The number of aromatic nitrogens is 4. The van der Waals surface area contributed by atoms with Gasteiger partial charge in [-0.15, -0.1) is 0 Å². The number of nitrogens with zero attached hydrogens (tertiary/aromatic N) is 5. The maximum atomic E-state index is 14.5. The van der Waals surface area contributed by atoms with Crippen LogP contribution in [0.2, 0.25) is 0 Å². The summed E-state index contributed by atoms with van der Waals surface area (Å²) in [7, 11) is 0. The maximum Gasteiger partial charge on any atom is 0.225 e. The average Bonchev–Trinajstić information content (AvgIpc) is 3.49. The molecule has 1 aromatic carbocycles. The van der Waals surface area contributed by atoms with E-state index in [2.05, 4.69) is 25.6 Å². The quantitative estimate of drug-likeness (QED) is 0.485. The van der Waals surface area contributed by atoms with Crippen LogP contribution in [0.4, 0.5) is 30.8 Å². The van der Waals surface area contributed by atoms with Gasteiger partial charge in [0.1, 0.15) is 17.0 Å². The molecule has 11 heteroatoms. The van der Waals surface area contributed by atoms with Crippen molar-refractivity contribution in [3.8, 4) is 0 Å². The van der Waals surface area contributed by atoms with Crippen molar-refractivity contribution in [1.29, 1.82) is 0 Å². The molecule has 1 amide bonds. The number of imidazole rings is 1. The predicted molar refractivity (Wildman–Crippen MR) is 130 cm³/mol. The van der Waals surface area contributed by atoms with Crippen LogP contribution >= 0.6 is 0 Å². The Kier molecular flexibility index (Phi) is 6.72. The minimum atomic E-state index is -1.06. The van der Waals surface area contributed by atoms with Crippen molar-refractivity contribution in [3.63, 3.8) is 0 Å². The standard InChI is InChI=1S/C25H30F3N7O/c1-14(2)30-24-29-13-20-22(33-24)35(25(31-20)32-21-18(27)11-16(26)12-19(21)28)17-7-5-15(6-8-17)23(36)34-9-3-4-10-34/h11-15,17H,3-10H2,1-2H3,(H,31,32)(H,29,30,33). The molecule has 2 aliphatic rings. The highest BCUT2D eigenvalue weighted by atomic mass is 19.1. The topological polar surface area (TPSA) is 88.0 Å². The van der Waals surface area contributed by atoms with E-state index in [0.717, 1.165) is 25.9 Å². The van der Waals surface area contributed by atoms with Gasteiger partial charge >= 0.3 is 0 Å². The Labute approximate surface area is 207 Å². The van der Waals surface area contributed by atoms with E-state index in [9.17, 15) is 18.0 Å². The van der Waals surface area contributed by atoms with Gasteiger partial charge in [-0.2, -0.15) is 4.98 Å². The number of likely N-dealkylation sites (tertiary alicyclic amines) is 1. The lowest BCUT2D eigenvalue weighted by Gasteiger charge is -2.32. The Morgan fingerprint density at radius 1 is 1.03 bits per heavy atom. The fourth-order valence-electron chi connectivity index (χ4n) is 5.20. The van der Waals surface area contributed by atoms with Gasteiger partial charge in [-0.3, -0.25) is 9.36 Å². The maximum absolute atomic E-state index is 14.5. The van der Waals surface area contributed by atoms with E-state index in [0.29, 0.717) is 54.9 Å². The molecule has 3 aromatic rings. The Morgan fingerprint density at radius 2 is 1.69 bits per heavy atom. The summed E-state index contributed by atoms with van der Waals surface area (Å²) in [4.78, 5) is 28.3. The molecule has 3 heterocycles. The first-order valence-corrected chi connectivity index (χ1v) is 12.5. The van der Waals surface area contributed by atoms with Gasteiger partial charge in [0.25, 0.3) is 0 Å². The van der Waals surface area contributed by atoms with Crippen LogP contribution in [0.5, 0.6) is 0 Å². The van der Waals surface area contributed by atoms with Gasteiger partial charge in [0.2, 0.25) is 17.8 Å². The summed E-state index contributed by atoms with van der Waals surface area (Å²) in [5, 5.41) is 5.90. The van der Waals surface area contributed by atoms with Crippen LogP contribution in [0.3, 0.4) is 0 Å². The molecule has 8 nitrogen and oxygen atoms in total. The lowest BCUT2D eigenvalue weighted by atomic mass is 9.85. The number of anilines is 3. The number of amides is 1. The highest BCUT2D eigenvalue weighted by Gasteiger charge is 2.33. The Morgan fingerprint density at radius 3 is 2.33 bits per heavy atom. The highest BCUT2D eigenvalue weighted by molar-refractivity contribution is 5.79. The molecule has 0 radical (unpaired) electrons. The number of hydrogen-bond donors (Lipinski definition) is 2. The SMILES string of the molecule is CC(C)Nc1ncc2nc(Nc3c(F)cc(F)cc3F)n(C3CCC(C(=O)N4CCCC4)CC3)c2n1. The first kappa shape index (κ1) is 24.3. The van der Waals surface area contributed by atoms with Crippen LogP contribution in [-0.4, -0.2) is 49.5 Å². The van der Waals surface area contributed by atoms with Crippen molar-refractivity contribution in [2.24, 2.45) is 5.92 Å². The minimum Gasteiger partial charge on any atom is -0.352 e. The number of benzene rings is 1. The number of rotatable bonds is 6. The van der Waals surface area contributed by atoms with Gasteiger partial charge in [0.05, 0.1) is 6.20 Å². The Bertz CT molecular complexity index is 1240. The number of hydrogen-bond acceptors (Lipinski definition) is 6. The van der Waals surface area contributed by atoms with E-state index in [1.807, 2.05) is 23.3 Å². The third kappa shape index (κ3) is 4.83. The summed E-state index contributed by atoms with van der Waals surface area (Å²) in [5.74, 6) is -2.30. The van der Waals surface area contributed by atoms with Crippen molar-refractivity contribution in [2.75, 3.05) is 23.7 Å². The van der Waals surface area contributed by atoms with Crippen LogP contribution in [0, 0.1) is 23.4 Å². The van der Waals surface area contributed by atoms with Crippen LogP contribution in [0.15, 0.2) is 18.3 Å². The first-order valence-electron chi connectivity index (χ1n) is 12.5. The summed E-state index contributed by atoms with van der Waals surface area (Å²) in [6.07, 6.45) is 6.47. The molecule has 0 bridgehead atoms. The predicted octanol–water partition coefficient (Wildman–Crippen LogP) is 5.16. The third-order valence-electron chi connectivity index (χ3n) is 6.92. The third-order valence-corrected chi connectivity index (χ3v) is 6.92. The second kappa shape index (κ2) is 9.94. The molecule has 192 valence electrons. The molecule has 1 saturated carbocycles. The number of carbonyl (C=O) groups excluding carboxylic acids is 1. The second-order valence-electron chi connectivity index (χ2n) is 9.91. The molecular formula is C25H30F3N7O. The summed E-state index contributed by atoms with van der Waals surface area (Å²) in [6.45, 7) is 5.60. The number of nitrogens with one attached hydrogen (secondary N) is 2. The largest absolute Gasteiger partial charge is 0.352 e. The van der Waals surface area contributed by atoms with Crippen LogP contribution in [0.25, 0.3) is 11.2 Å². The van der Waals surface area contributed by atoms with Gasteiger partial charge in [0, 0.05) is 43.2 Å². The normalized spacial score (nSPS) is 20.3. The molecule has 1 aliphatic heterocycles. The van der Waals surface area contributed by atoms with Crippen LogP contribution in [0.1, 0.15) is 58.4 Å². The summed E-state index contributed by atoms with van der Waals surface area (Å²) in [6, 6.07) is 1.26. The van der Waals surface area contributed by atoms with Crippen LogP contribution in [-0.2, 0) is 4.79 Å². The lowest BCUT2D eigenvalue weighted by molar-refractivity contribution is -0.135. The fraction of sp³-hybridized carbons (Fsp3) is 0.520. The minimum absolute atomic E-state index is 0.0228. The van der Waals surface area contributed by atoms with E-state index in [4.69, 9.17) is 0 Å². The van der Waals surface area contributed by atoms with Crippen molar-refractivity contribution in [3.05, 3.63) is 35.8 Å². The smallest absolute Gasteiger partial charge is 0.225 e. The van der Waals surface area contributed by atoms with Crippen molar-refractivity contribution >= 4 is 34.7 Å². The van der Waals surface area contributed by atoms with Crippen molar-refractivity contribution < 1.29 is 18.0 Å². The molecule has 36 heavy (non-hydrogen) atoms. The molecule has 1 aliphatic carbocycles. The van der Waals surface area contributed by atoms with Crippen molar-refractivity contribution in [2.45, 2.75) is 64.5 Å². The summed E-state index contributed by atoms with van der Waals surface area (Å²) < 4.78 is 44.2. The van der Waals surface area contributed by atoms with E-state index >= 15 is 0 Å². The molecule has 2 N–H and O–H groups in total. The van der Waals surface area contributed by atoms with Gasteiger partial charge < -0.3 is 15.5 Å². The van der Waals surface area contributed by atoms with Gasteiger partial charge in [-0.1, -0.05) is 0 Å². The summed E-state index contributed by atoms with van der Waals surface area (Å²) >= 11 is 0. The van der Waals surface area contributed by atoms with E-state index in [1.54, 1.807) is 6.20 Å².